The molecule has 1 saturated heterocycles. The van der Waals surface area contributed by atoms with Gasteiger partial charge in [0, 0.05) is 24.0 Å². The Kier molecular flexibility index (Phi) is 4.01. The van der Waals surface area contributed by atoms with Crippen LogP contribution in [-0.4, -0.2) is 25.8 Å². The SMILES string of the molecule is O=S(=O)(c1ccc(CCl)c(Cl)c1)N1CC2CCCC2C1. The molecule has 3 nitrogen and oxygen atoms in total. The van der Waals surface area contributed by atoms with Crippen molar-refractivity contribution in [1.82, 2.24) is 4.31 Å². The topological polar surface area (TPSA) is 37.4 Å². The van der Waals surface area contributed by atoms with Crippen LogP contribution in [-0.2, 0) is 15.9 Å². The Morgan fingerprint density at radius 3 is 2.40 bits per heavy atom. The van der Waals surface area contributed by atoms with Gasteiger partial charge in [0.05, 0.1) is 4.90 Å². The van der Waals surface area contributed by atoms with E-state index in [1.165, 1.54) is 12.5 Å². The number of alkyl halides is 1. The van der Waals surface area contributed by atoms with E-state index >= 15 is 0 Å². The molecule has 0 spiro atoms. The van der Waals surface area contributed by atoms with E-state index in [-0.39, 0.29) is 10.8 Å². The Balaban J connectivity index is 1.87. The third-order valence-corrected chi connectivity index (χ3v) is 6.97. The Labute approximate surface area is 129 Å². The molecule has 0 aromatic heterocycles. The molecule has 2 atom stereocenters. The van der Waals surface area contributed by atoms with Crippen LogP contribution in [0.15, 0.2) is 23.1 Å². The van der Waals surface area contributed by atoms with Crippen LogP contribution in [0.1, 0.15) is 24.8 Å². The lowest BCUT2D eigenvalue weighted by molar-refractivity contribution is 0.445. The monoisotopic (exact) mass is 333 g/mol. The summed E-state index contributed by atoms with van der Waals surface area (Å²) in [7, 11) is -3.42. The van der Waals surface area contributed by atoms with Crippen LogP contribution in [0.25, 0.3) is 0 Å². The summed E-state index contributed by atoms with van der Waals surface area (Å²) >= 11 is 11.8. The van der Waals surface area contributed by atoms with Gasteiger partial charge in [-0.3, -0.25) is 0 Å². The molecule has 0 radical (unpaired) electrons. The minimum Gasteiger partial charge on any atom is -0.207 e. The van der Waals surface area contributed by atoms with Gasteiger partial charge in [-0.15, -0.1) is 11.6 Å². The maximum absolute atomic E-state index is 12.7. The van der Waals surface area contributed by atoms with Crippen LogP contribution in [0.3, 0.4) is 0 Å². The molecule has 1 saturated carbocycles. The number of nitrogens with zero attached hydrogens (tertiary/aromatic N) is 1. The van der Waals surface area contributed by atoms with Crippen LogP contribution >= 0.6 is 23.2 Å². The standard InChI is InChI=1S/C14H17Cl2NO2S/c15-7-10-4-5-13(6-14(10)16)20(18,19)17-8-11-2-1-3-12(11)9-17/h4-6,11-12H,1-3,7-9H2. The molecule has 1 aromatic rings. The van der Waals surface area contributed by atoms with Crippen LogP contribution in [0.5, 0.6) is 0 Å². The fraction of sp³-hybridized carbons (Fsp3) is 0.571. The highest BCUT2D eigenvalue weighted by molar-refractivity contribution is 7.89. The molecule has 20 heavy (non-hydrogen) atoms. The normalized spacial score (nSPS) is 26.9. The number of sulfonamides is 1. The molecule has 1 aromatic carbocycles. The number of rotatable bonds is 3. The van der Waals surface area contributed by atoms with Gasteiger partial charge >= 0.3 is 0 Å². The third kappa shape index (κ3) is 2.47. The average Bonchev–Trinajstić information content (AvgIpc) is 2.99. The smallest absolute Gasteiger partial charge is 0.207 e. The second kappa shape index (κ2) is 5.48. The molecule has 1 aliphatic carbocycles. The first kappa shape index (κ1) is 14.6. The van der Waals surface area contributed by atoms with Gasteiger partial charge in [0.25, 0.3) is 0 Å². The van der Waals surface area contributed by atoms with Gasteiger partial charge in [-0.2, -0.15) is 4.31 Å². The summed E-state index contributed by atoms with van der Waals surface area (Å²) < 4.78 is 26.9. The first-order chi connectivity index (χ1) is 9.52. The molecule has 3 rings (SSSR count). The number of hydrogen-bond donors (Lipinski definition) is 0. The van der Waals surface area contributed by atoms with E-state index in [1.54, 1.807) is 16.4 Å². The largest absolute Gasteiger partial charge is 0.243 e. The molecule has 110 valence electrons. The predicted octanol–water partition coefficient (Wildman–Crippen LogP) is 3.50. The maximum atomic E-state index is 12.7. The van der Waals surface area contributed by atoms with Crippen molar-refractivity contribution in [3.63, 3.8) is 0 Å². The lowest BCUT2D eigenvalue weighted by atomic mass is 10.0. The summed E-state index contributed by atoms with van der Waals surface area (Å²) in [5.41, 5.74) is 0.755. The first-order valence-electron chi connectivity index (χ1n) is 6.87. The third-order valence-electron chi connectivity index (χ3n) is 4.50. The zero-order valence-electron chi connectivity index (χ0n) is 11.1. The van der Waals surface area contributed by atoms with Gasteiger partial charge in [-0.05, 0) is 42.4 Å². The van der Waals surface area contributed by atoms with E-state index in [2.05, 4.69) is 0 Å². The Morgan fingerprint density at radius 2 is 1.85 bits per heavy atom. The molecule has 2 fully saturated rings. The fourth-order valence-electron chi connectivity index (χ4n) is 3.33. The van der Waals surface area contributed by atoms with Gasteiger partial charge in [-0.1, -0.05) is 24.1 Å². The fourth-order valence-corrected chi connectivity index (χ4v) is 5.53. The van der Waals surface area contributed by atoms with Crippen LogP contribution in [0.2, 0.25) is 5.02 Å². The van der Waals surface area contributed by atoms with Crippen molar-refractivity contribution < 1.29 is 8.42 Å². The average molecular weight is 334 g/mol. The van der Waals surface area contributed by atoms with Crippen LogP contribution < -0.4 is 0 Å². The highest BCUT2D eigenvalue weighted by Gasteiger charge is 2.41. The molecule has 6 heteroatoms. The lowest BCUT2D eigenvalue weighted by Crippen LogP contribution is -2.29. The van der Waals surface area contributed by atoms with Gasteiger partial charge in [0.2, 0.25) is 10.0 Å². The molecule has 0 N–H and O–H groups in total. The number of hydrogen-bond acceptors (Lipinski definition) is 2. The van der Waals surface area contributed by atoms with E-state index in [0.717, 1.165) is 18.4 Å². The van der Waals surface area contributed by atoms with Crippen molar-refractivity contribution in [2.45, 2.75) is 30.0 Å². The molecular weight excluding hydrogens is 317 g/mol. The first-order valence-corrected chi connectivity index (χ1v) is 9.22. The highest BCUT2D eigenvalue weighted by Crippen LogP contribution is 2.40. The second-order valence-electron chi connectivity index (χ2n) is 5.66. The van der Waals surface area contributed by atoms with Crippen molar-refractivity contribution in [3.05, 3.63) is 28.8 Å². The van der Waals surface area contributed by atoms with Crippen LogP contribution in [0.4, 0.5) is 0 Å². The molecular formula is C14H17Cl2NO2S. The summed E-state index contributed by atoms with van der Waals surface area (Å²) in [6, 6.07) is 4.81. The molecule has 0 bridgehead atoms. The van der Waals surface area contributed by atoms with Gasteiger partial charge in [0.15, 0.2) is 0 Å². The summed E-state index contributed by atoms with van der Waals surface area (Å²) in [6.45, 7) is 1.31. The van der Waals surface area contributed by atoms with E-state index in [9.17, 15) is 8.42 Å². The maximum Gasteiger partial charge on any atom is 0.243 e. The van der Waals surface area contributed by atoms with E-state index < -0.39 is 10.0 Å². The van der Waals surface area contributed by atoms with Crippen molar-refractivity contribution in [3.8, 4) is 0 Å². The van der Waals surface area contributed by atoms with Gasteiger partial charge in [0.1, 0.15) is 0 Å². The van der Waals surface area contributed by atoms with E-state index in [4.69, 9.17) is 23.2 Å². The predicted molar refractivity (Wildman–Crippen MR) is 80.6 cm³/mol. The molecule has 1 heterocycles. The Bertz CT molecular complexity index is 606. The lowest BCUT2D eigenvalue weighted by Gasteiger charge is -2.17. The highest BCUT2D eigenvalue weighted by atomic mass is 35.5. The van der Waals surface area contributed by atoms with Gasteiger partial charge < -0.3 is 0 Å². The summed E-state index contributed by atoms with van der Waals surface area (Å²) in [4.78, 5) is 0.274. The van der Waals surface area contributed by atoms with Crippen molar-refractivity contribution >= 4 is 33.2 Å². The summed E-state index contributed by atoms with van der Waals surface area (Å²) in [5, 5.41) is 0.417. The van der Waals surface area contributed by atoms with Crippen molar-refractivity contribution in [1.29, 1.82) is 0 Å². The Hall–Kier alpha value is -0.290. The van der Waals surface area contributed by atoms with Gasteiger partial charge in [-0.25, -0.2) is 8.42 Å². The number of benzene rings is 1. The van der Waals surface area contributed by atoms with Crippen molar-refractivity contribution in [2.24, 2.45) is 11.8 Å². The molecule has 0 amide bonds. The number of halogens is 2. The molecule has 1 aliphatic heterocycles. The zero-order chi connectivity index (χ0) is 14.3. The summed E-state index contributed by atoms with van der Waals surface area (Å²) in [5.74, 6) is 1.37. The quantitative estimate of drug-likeness (QED) is 0.794. The van der Waals surface area contributed by atoms with Crippen molar-refractivity contribution in [2.75, 3.05) is 13.1 Å². The minimum atomic E-state index is -3.42. The zero-order valence-corrected chi connectivity index (χ0v) is 13.4. The second-order valence-corrected chi connectivity index (χ2v) is 8.27. The number of fused-ring (bicyclic) bond motifs is 1. The van der Waals surface area contributed by atoms with Crippen LogP contribution in [0, 0.1) is 11.8 Å². The molecule has 2 unspecified atom stereocenters. The minimum absolute atomic E-state index is 0.274. The Morgan fingerprint density at radius 1 is 1.20 bits per heavy atom. The van der Waals surface area contributed by atoms with E-state index in [0.29, 0.717) is 29.9 Å². The molecule has 2 aliphatic rings. The van der Waals surface area contributed by atoms with E-state index in [1.807, 2.05) is 0 Å². The summed E-state index contributed by atoms with van der Waals surface area (Å²) in [6.07, 6.45) is 3.55.